The Balaban J connectivity index is 2.32. The third kappa shape index (κ3) is 3.08. The minimum absolute atomic E-state index is 0.247. The molecule has 1 heterocycles. The number of unbranched alkanes of at least 4 members (excludes halogenated alkanes) is 4. The van der Waals surface area contributed by atoms with Crippen LogP contribution in [0.4, 0.5) is 0 Å². The van der Waals surface area contributed by atoms with E-state index in [-0.39, 0.29) is 5.57 Å². The lowest BCUT2D eigenvalue weighted by Crippen LogP contribution is -2.23. The SMILES string of the molecule is CCCCCCCC1=C(O)C(=O)NC1=O. The van der Waals surface area contributed by atoms with Gasteiger partial charge in [0.1, 0.15) is 0 Å². The van der Waals surface area contributed by atoms with Crippen molar-refractivity contribution in [1.29, 1.82) is 0 Å². The van der Waals surface area contributed by atoms with Crippen LogP contribution in [0, 0.1) is 0 Å². The van der Waals surface area contributed by atoms with Gasteiger partial charge in [-0.2, -0.15) is 0 Å². The molecule has 4 nitrogen and oxygen atoms in total. The molecule has 84 valence electrons. The van der Waals surface area contributed by atoms with E-state index in [4.69, 9.17) is 0 Å². The fourth-order valence-electron chi connectivity index (χ4n) is 1.62. The summed E-state index contributed by atoms with van der Waals surface area (Å²) in [7, 11) is 0. The second-order valence-corrected chi connectivity index (χ2v) is 3.77. The molecule has 0 aliphatic carbocycles. The first-order valence-electron chi connectivity index (χ1n) is 5.44. The zero-order chi connectivity index (χ0) is 11.3. The molecule has 0 unspecified atom stereocenters. The van der Waals surface area contributed by atoms with Crippen LogP contribution >= 0.6 is 0 Å². The van der Waals surface area contributed by atoms with Crippen molar-refractivity contribution in [1.82, 2.24) is 5.32 Å². The van der Waals surface area contributed by atoms with E-state index in [9.17, 15) is 14.7 Å². The van der Waals surface area contributed by atoms with Crippen molar-refractivity contribution in [3.05, 3.63) is 11.3 Å². The number of carbonyl (C=O) groups is 2. The van der Waals surface area contributed by atoms with Crippen LogP contribution in [0.3, 0.4) is 0 Å². The zero-order valence-corrected chi connectivity index (χ0v) is 9.01. The quantitative estimate of drug-likeness (QED) is 0.520. The smallest absolute Gasteiger partial charge is 0.293 e. The van der Waals surface area contributed by atoms with Crippen molar-refractivity contribution in [2.75, 3.05) is 0 Å². The van der Waals surface area contributed by atoms with E-state index in [1.54, 1.807) is 0 Å². The predicted molar refractivity (Wildman–Crippen MR) is 56.2 cm³/mol. The van der Waals surface area contributed by atoms with Crippen LogP contribution in [0.2, 0.25) is 0 Å². The lowest BCUT2D eigenvalue weighted by molar-refractivity contribution is -0.125. The van der Waals surface area contributed by atoms with Crippen molar-refractivity contribution in [2.45, 2.75) is 45.4 Å². The molecule has 1 rings (SSSR count). The topological polar surface area (TPSA) is 66.4 Å². The molecule has 0 fully saturated rings. The Kier molecular flexibility index (Phi) is 4.34. The van der Waals surface area contributed by atoms with Gasteiger partial charge < -0.3 is 5.11 Å². The van der Waals surface area contributed by atoms with E-state index < -0.39 is 17.6 Å². The normalized spacial score (nSPS) is 16.1. The fraction of sp³-hybridized carbons (Fsp3) is 0.636. The van der Waals surface area contributed by atoms with Gasteiger partial charge in [-0.25, -0.2) is 0 Å². The van der Waals surface area contributed by atoms with Gasteiger partial charge in [0.2, 0.25) is 0 Å². The Morgan fingerprint density at radius 2 is 1.73 bits per heavy atom. The molecule has 0 aromatic carbocycles. The number of aliphatic hydroxyl groups excluding tert-OH is 1. The number of nitrogens with one attached hydrogen (secondary N) is 1. The number of rotatable bonds is 6. The summed E-state index contributed by atoms with van der Waals surface area (Å²) in [5.74, 6) is -1.49. The molecule has 4 heteroatoms. The van der Waals surface area contributed by atoms with E-state index in [2.05, 4.69) is 12.2 Å². The number of hydrogen-bond acceptors (Lipinski definition) is 3. The molecule has 0 aromatic rings. The Labute approximate surface area is 89.4 Å². The van der Waals surface area contributed by atoms with Gasteiger partial charge >= 0.3 is 0 Å². The highest BCUT2D eigenvalue weighted by molar-refractivity contribution is 6.18. The summed E-state index contributed by atoms with van der Waals surface area (Å²) in [5, 5.41) is 11.3. The van der Waals surface area contributed by atoms with Crippen molar-refractivity contribution in [3.8, 4) is 0 Å². The molecular formula is C11H17NO3. The van der Waals surface area contributed by atoms with Crippen molar-refractivity contribution < 1.29 is 14.7 Å². The Hall–Kier alpha value is -1.32. The Morgan fingerprint density at radius 3 is 2.27 bits per heavy atom. The zero-order valence-electron chi connectivity index (χ0n) is 9.01. The highest BCUT2D eigenvalue weighted by Crippen LogP contribution is 2.17. The molecule has 0 atom stereocenters. The summed E-state index contributed by atoms with van der Waals surface area (Å²) in [6, 6.07) is 0. The van der Waals surface area contributed by atoms with E-state index >= 15 is 0 Å². The van der Waals surface area contributed by atoms with Crippen LogP contribution in [0.5, 0.6) is 0 Å². The number of amides is 2. The molecule has 2 N–H and O–H groups in total. The number of carbonyl (C=O) groups excluding carboxylic acids is 2. The average Bonchev–Trinajstić information content (AvgIpc) is 2.44. The predicted octanol–water partition coefficient (Wildman–Crippen LogP) is 1.82. The van der Waals surface area contributed by atoms with Crippen molar-refractivity contribution in [3.63, 3.8) is 0 Å². The molecule has 0 saturated carbocycles. The van der Waals surface area contributed by atoms with Crippen LogP contribution in [0.25, 0.3) is 0 Å². The van der Waals surface area contributed by atoms with Gasteiger partial charge in [-0.1, -0.05) is 32.6 Å². The summed E-state index contributed by atoms with van der Waals surface area (Å²) >= 11 is 0. The van der Waals surface area contributed by atoms with Gasteiger partial charge in [-0.05, 0) is 12.8 Å². The molecule has 15 heavy (non-hydrogen) atoms. The lowest BCUT2D eigenvalue weighted by atomic mass is 10.1. The van der Waals surface area contributed by atoms with Gasteiger partial charge in [-0.15, -0.1) is 0 Å². The molecule has 1 aliphatic heterocycles. The lowest BCUT2D eigenvalue weighted by Gasteiger charge is -2.00. The molecule has 0 aromatic heterocycles. The van der Waals surface area contributed by atoms with Gasteiger partial charge in [0, 0.05) is 0 Å². The van der Waals surface area contributed by atoms with E-state index in [1.807, 2.05) is 0 Å². The van der Waals surface area contributed by atoms with Crippen LogP contribution in [-0.4, -0.2) is 16.9 Å². The summed E-state index contributed by atoms with van der Waals surface area (Å²) in [4.78, 5) is 22.1. The van der Waals surface area contributed by atoms with Gasteiger partial charge in [-0.3, -0.25) is 14.9 Å². The molecule has 0 spiro atoms. The second-order valence-electron chi connectivity index (χ2n) is 3.77. The Morgan fingerprint density at radius 1 is 1.07 bits per heavy atom. The first-order chi connectivity index (χ1) is 7.16. The molecular weight excluding hydrogens is 194 g/mol. The van der Waals surface area contributed by atoms with Gasteiger partial charge in [0.15, 0.2) is 5.76 Å². The standard InChI is InChI=1S/C11H17NO3/c1-2-3-4-5-6-7-8-9(13)11(15)12-10(8)14/h2-7H2,1H3,(H2,12,13,14,15). The summed E-state index contributed by atoms with van der Waals surface area (Å²) in [6.45, 7) is 2.14. The van der Waals surface area contributed by atoms with Crippen LogP contribution < -0.4 is 5.32 Å². The maximum Gasteiger partial charge on any atom is 0.293 e. The largest absolute Gasteiger partial charge is 0.503 e. The summed E-state index contributed by atoms with van der Waals surface area (Å²) < 4.78 is 0. The van der Waals surface area contributed by atoms with Crippen molar-refractivity contribution in [2.24, 2.45) is 0 Å². The summed E-state index contributed by atoms with van der Waals surface area (Å²) in [6.07, 6.45) is 5.88. The number of aliphatic hydroxyl groups is 1. The minimum atomic E-state index is -0.663. The van der Waals surface area contributed by atoms with Crippen molar-refractivity contribution >= 4 is 11.8 Å². The first kappa shape index (κ1) is 11.8. The highest BCUT2D eigenvalue weighted by Gasteiger charge is 2.28. The minimum Gasteiger partial charge on any atom is -0.503 e. The van der Waals surface area contributed by atoms with E-state index in [1.165, 1.54) is 12.8 Å². The van der Waals surface area contributed by atoms with E-state index in [0.717, 1.165) is 19.3 Å². The maximum atomic E-state index is 11.2. The third-order valence-corrected chi connectivity index (χ3v) is 2.53. The first-order valence-corrected chi connectivity index (χ1v) is 5.44. The van der Waals surface area contributed by atoms with Crippen LogP contribution in [-0.2, 0) is 9.59 Å². The van der Waals surface area contributed by atoms with Gasteiger partial charge in [0.05, 0.1) is 5.57 Å². The number of hydrogen-bond donors (Lipinski definition) is 2. The molecule has 0 saturated heterocycles. The molecule has 0 bridgehead atoms. The Bertz CT molecular complexity index is 294. The van der Waals surface area contributed by atoms with Gasteiger partial charge in [0.25, 0.3) is 11.8 Å². The maximum absolute atomic E-state index is 11.2. The average molecular weight is 211 g/mol. The molecule has 1 aliphatic rings. The molecule has 0 radical (unpaired) electrons. The highest BCUT2D eigenvalue weighted by atomic mass is 16.3. The summed E-state index contributed by atoms with van der Waals surface area (Å²) in [5.41, 5.74) is 0.247. The van der Waals surface area contributed by atoms with Crippen LogP contribution in [0.1, 0.15) is 45.4 Å². The molecule has 2 amide bonds. The third-order valence-electron chi connectivity index (χ3n) is 2.53. The van der Waals surface area contributed by atoms with E-state index in [0.29, 0.717) is 6.42 Å². The van der Waals surface area contributed by atoms with Crippen LogP contribution in [0.15, 0.2) is 11.3 Å². The number of imide groups is 1. The monoisotopic (exact) mass is 211 g/mol. The second kappa shape index (κ2) is 5.53. The fourth-order valence-corrected chi connectivity index (χ4v) is 1.62.